The molecule has 0 radical (unpaired) electrons. The minimum Gasteiger partial charge on any atom is -0.487 e. The molecule has 154 valence electrons. The molecule has 1 aliphatic heterocycles. The molecule has 29 heavy (non-hydrogen) atoms. The molecule has 4 heteroatoms. The van der Waals surface area contributed by atoms with E-state index in [4.69, 9.17) is 9.47 Å². The van der Waals surface area contributed by atoms with Crippen LogP contribution in [0.15, 0.2) is 36.4 Å². The molecular formula is C25H31NO3. The topological polar surface area (TPSA) is 47.6 Å². The normalized spacial score (nSPS) is 20.6. The Labute approximate surface area is 173 Å². The maximum absolute atomic E-state index is 12.9. The SMILES string of the molecule is Cc1ccc2c(c1)OC(C)(C)C[C@H]2NC(=O)[C@@H](C)Oc1ccc2c(c1)CCCC2. The molecule has 0 saturated carbocycles. The first kappa shape index (κ1) is 19.8. The van der Waals surface area contributed by atoms with Crippen LogP contribution in [-0.4, -0.2) is 17.6 Å². The van der Waals surface area contributed by atoms with E-state index in [0.717, 1.165) is 41.9 Å². The summed E-state index contributed by atoms with van der Waals surface area (Å²) in [5.74, 6) is 1.53. The van der Waals surface area contributed by atoms with Gasteiger partial charge in [0.2, 0.25) is 0 Å². The Morgan fingerprint density at radius 2 is 1.90 bits per heavy atom. The van der Waals surface area contributed by atoms with Crippen molar-refractivity contribution in [3.8, 4) is 11.5 Å². The first-order valence-electron chi connectivity index (χ1n) is 10.7. The Hall–Kier alpha value is -2.49. The molecule has 0 unspecified atom stereocenters. The molecule has 0 fully saturated rings. The van der Waals surface area contributed by atoms with E-state index < -0.39 is 6.10 Å². The average Bonchev–Trinajstić information content (AvgIpc) is 2.66. The van der Waals surface area contributed by atoms with E-state index >= 15 is 0 Å². The Bertz CT molecular complexity index is 918. The van der Waals surface area contributed by atoms with Crippen molar-refractivity contribution < 1.29 is 14.3 Å². The van der Waals surface area contributed by atoms with Crippen LogP contribution in [0.4, 0.5) is 0 Å². The van der Waals surface area contributed by atoms with Crippen LogP contribution in [-0.2, 0) is 17.6 Å². The highest BCUT2D eigenvalue weighted by Crippen LogP contribution is 2.40. The van der Waals surface area contributed by atoms with Crippen molar-refractivity contribution in [2.45, 2.75) is 77.5 Å². The third-order valence-corrected chi connectivity index (χ3v) is 5.94. The van der Waals surface area contributed by atoms with Crippen LogP contribution in [0, 0.1) is 6.92 Å². The zero-order valence-corrected chi connectivity index (χ0v) is 17.9. The number of aryl methyl sites for hydroxylation is 3. The molecule has 0 saturated heterocycles. The van der Waals surface area contributed by atoms with Gasteiger partial charge in [-0.25, -0.2) is 0 Å². The Kier molecular flexibility index (Phi) is 5.28. The maximum atomic E-state index is 12.9. The van der Waals surface area contributed by atoms with Gasteiger partial charge >= 0.3 is 0 Å². The van der Waals surface area contributed by atoms with Crippen molar-refractivity contribution in [2.24, 2.45) is 0 Å². The Balaban J connectivity index is 1.46. The standard InChI is InChI=1S/C25H31NO3/c1-16-9-12-21-22(15-25(3,4)29-23(21)13-16)26-24(27)17(2)28-20-11-10-18-7-5-6-8-19(18)14-20/h9-14,17,22H,5-8,15H2,1-4H3,(H,26,27)/t17-,22-/m1/s1. The molecule has 2 aromatic carbocycles. The number of carbonyl (C=O) groups is 1. The van der Waals surface area contributed by atoms with Crippen molar-refractivity contribution in [3.05, 3.63) is 58.7 Å². The lowest BCUT2D eigenvalue weighted by Gasteiger charge is -2.38. The molecule has 2 aliphatic rings. The summed E-state index contributed by atoms with van der Waals surface area (Å²) in [7, 11) is 0. The second-order valence-corrected chi connectivity index (χ2v) is 9.07. The van der Waals surface area contributed by atoms with Gasteiger partial charge in [-0.2, -0.15) is 0 Å². The van der Waals surface area contributed by atoms with Crippen LogP contribution >= 0.6 is 0 Å². The van der Waals surface area contributed by atoms with Crippen molar-refractivity contribution in [1.29, 1.82) is 0 Å². The lowest BCUT2D eigenvalue weighted by molar-refractivity contribution is -0.128. The summed E-state index contributed by atoms with van der Waals surface area (Å²) >= 11 is 0. The minimum atomic E-state index is -0.559. The molecule has 0 bridgehead atoms. The van der Waals surface area contributed by atoms with Gasteiger partial charge in [-0.3, -0.25) is 4.79 Å². The number of benzene rings is 2. The van der Waals surface area contributed by atoms with Gasteiger partial charge in [0.1, 0.15) is 17.1 Å². The van der Waals surface area contributed by atoms with Crippen LogP contribution in [0.2, 0.25) is 0 Å². The fourth-order valence-corrected chi connectivity index (χ4v) is 4.42. The predicted octanol–water partition coefficient (Wildman–Crippen LogP) is 5.06. The van der Waals surface area contributed by atoms with Crippen LogP contribution in [0.3, 0.4) is 0 Å². The summed E-state index contributed by atoms with van der Waals surface area (Å²) in [5.41, 5.74) is 4.62. The first-order chi connectivity index (χ1) is 13.8. The summed E-state index contributed by atoms with van der Waals surface area (Å²) in [6, 6.07) is 12.3. The molecule has 2 atom stereocenters. The van der Waals surface area contributed by atoms with E-state index in [1.54, 1.807) is 0 Å². The van der Waals surface area contributed by atoms with Gasteiger partial charge in [-0.1, -0.05) is 18.2 Å². The summed E-state index contributed by atoms with van der Waals surface area (Å²) in [6.07, 6.45) is 4.89. The van der Waals surface area contributed by atoms with Crippen molar-refractivity contribution in [1.82, 2.24) is 5.32 Å². The quantitative estimate of drug-likeness (QED) is 0.790. The molecule has 0 spiro atoms. The number of carbonyl (C=O) groups excluding carboxylic acids is 1. The third kappa shape index (κ3) is 4.42. The summed E-state index contributed by atoms with van der Waals surface area (Å²) in [5, 5.41) is 3.19. The predicted molar refractivity (Wildman–Crippen MR) is 115 cm³/mol. The largest absolute Gasteiger partial charge is 0.487 e. The van der Waals surface area contributed by atoms with E-state index in [-0.39, 0.29) is 17.6 Å². The highest BCUT2D eigenvalue weighted by molar-refractivity contribution is 5.81. The molecule has 1 N–H and O–H groups in total. The van der Waals surface area contributed by atoms with E-state index in [1.165, 1.54) is 24.0 Å². The van der Waals surface area contributed by atoms with Gasteiger partial charge in [-0.15, -0.1) is 0 Å². The smallest absolute Gasteiger partial charge is 0.261 e. The lowest BCUT2D eigenvalue weighted by Crippen LogP contribution is -2.44. The van der Waals surface area contributed by atoms with E-state index in [0.29, 0.717) is 0 Å². The zero-order valence-electron chi connectivity index (χ0n) is 17.9. The number of hydrogen-bond acceptors (Lipinski definition) is 3. The highest BCUT2D eigenvalue weighted by Gasteiger charge is 2.35. The zero-order chi connectivity index (χ0) is 20.6. The van der Waals surface area contributed by atoms with Gasteiger partial charge in [0.05, 0.1) is 6.04 Å². The minimum absolute atomic E-state index is 0.0866. The van der Waals surface area contributed by atoms with Crippen molar-refractivity contribution in [3.63, 3.8) is 0 Å². The molecule has 0 aromatic heterocycles. The monoisotopic (exact) mass is 393 g/mol. The number of nitrogens with one attached hydrogen (secondary N) is 1. The number of hydrogen-bond donors (Lipinski definition) is 1. The van der Waals surface area contributed by atoms with Crippen LogP contribution in [0.5, 0.6) is 11.5 Å². The van der Waals surface area contributed by atoms with Gasteiger partial charge in [0, 0.05) is 12.0 Å². The number of fused-ring (bicyclic) bond motifs is 2. The lowest BCUT2D eigenvalue weighted by atomic mass is 9.89. The van der Waals surface area contributed by atoms with Crippen molar-refractivity contribution >= 4 is 5.91 Å². The van der Waals surface area contributed by atoms with E-state index in [9.17, 15) is 4.79 Å². The number of rotatable bonds is 4. The Morgan fingerprint density at radius 3 is 2.69 bits per heavy atom. The van der Waals surface area contributed by atoms with E-state index in [1.807, 2.05) is 26.0 Å². The number of amides is 1. The van der Waals surface area contributed by atoms with Gasteiger partial charge in [-0.05, 0) is 88.3 Å². The fourth-order valence-electron chi connectivity index (χ4n) is 4.42. The summed E-state index contributed by atoms with van der Waals surface area (Å²) in [6.45, 7) is 7.98. The molecule has 4 rings (SSSR count). The average molecular weight is 394 g/mol. The molecule has 1 heterocycles. The summed E-state index contributed by atoms with van der Waals surface area (Å²) < 4.78 is 12.1. The van der Waals surface area contributed by atoms with Crippen molar-refractivity contribution in [2.75, 3.05) is 0 Å². The Morgan fingerprint density at radius 1 is 1.14 bits per heavy atom. The fraction of sp³-hybridized carbons (Fsp3) is 0.480. The van der Waals surface area contributed by atoms with Gasteiger partial charge in [0.15, 0.2) is 6.10 Å². The maximum Gasteiger partial charge on any atom is 0.261 e. The second kappa shape index (κ2) is 7.74. The van der Waals surface area contributed by atoms with Crippen LogP contribution in [0.25, 0.3) is 0 Å². The molecule has 1 amide bonds. The van der Waals surface area contributed by atoms with Crippen LogP contribution < -0.4 is 14.8 Å². The molecule has 4 nitrogen and oxygen atoms in total. The first-order valence-corrected chi connectivity index (χ1v) is 10.7. The molecule has 1 aliphatic carbocycles. The molecule has 2 aromatic rings. The number of ether oxygens (including phenoxy) is 2. The van der Waals surface area contributed by atoms with Crippen LogP contribution in [0.1, 0.15) is 68.3 Å². The van der Waals surface area contributed by atoms with Gasteiger partial charge in [0.25, 0.3) is 5.91 Å². The van der Waals surface area contributed by atoms with Gasteiger partial charge < -0.3 is 14.8 Å². The highest BCUT2D eigenvalue weighted by atomic mass is 16.5. The summed E-state index contributed by atoms with van der Waals surface area (Å²) in [4.78, 5) is 12.9. The second-order valence-electron chi connectivity index (χ2n) is 9.07. The van der Waals surface area contributed by atoms with E-state index in [2.05, 4.69) is 43.4 Å². The third-order valence-electron chi connectivity index (χ3n) is 5.94. The molecular weight excluding hydrogens is 362 g/mol.